The van der Waals surface area contributed by atoms with Crippen LogP contribution in [-0.2, 0) is 6.54 Å². The number of fused-ring (bicyclic) bond motifs is 1. The molecular weight excluding hydrogens is 188 g/mol. The van der Waals surface area contributed by atoms with Crippen LogP contribution in [0.3, 0.4) is 0 Å². The minimum Gasteiger partial charge on any atom is -0.302 e. The first-order chi connectivity index (χ1) is 7.18. The van der Waals surface area contributed by atoms with E-state index in [0.717, 1.165) is 17.9 Å². The number of pyridine rings is 1. The summed E-state index contributed by atoms with van der Waals surface area (Å²) in [6, 6.07) is 6.05. The Morgan fingerprint density at radius 1 is 1.40 bits per heavy atom. The first kappa shape index (κ1) is 10.1. The standard InChI is InChI=1S/C11H16N4/c1-9-10(8-12-14(2)3)15-7-5-4-6-11(15)13-9/h4-7,12H,8H2,1-3H3. The zero-order valence-corrected chi connectivity index (χ0v) is 9.36. The molecule has 0 spiro atoms. The Morgan fingerprint density at radius 2 is 2.20 bits per heavy atom. The van der Waals surface area contributed by atoms with Gasteiger partial charge < -0.3 is 4.40 Å². The molecule has 1 N–H and O–H groups in total. The van der Waals surface area contributed by atoms with E-state index in [1.54, 1.807) is 0 Å². The summed E-state index contributed by atoms with van der Waals surface area (Å²) < 4.78 is 2.12. The van der Waals surface area contributed by atoms with Crippen LogP contribution in [0, 0.1) is 6.92 Å². The summed E-state index contributed by atoms with van der Waals surface area (Å²) >= 11 is 0. The SMILES string of the molecule is Cc1nc2ccccn2c1CNN(C)C. The molecule has 0 radical (unpaired) electrons. The molecule has 4 heteroatoms. The zero-order valence-electron chi connectivity index (χ0n) is 9.36. The van der Waals surface area contributed by atoms with Crippen LogP contribution >= 0.6 is 0 Å². The van der Waals surface area contributed by atoms with E-state index in [2.05, 4.69) is 14.8 Å². The predicted molar refractivity (Wildman–Crippen MR) is 60.5 cm³/mol. The minimum absolute atomic E-state index is 0.796. The van der Waals surface area contributed by atoms with E-state index >= 15 is 0 Å². The first-order valence-corrected chi connectivity index (χ1v) is 5.02. The Kier molecular flexibility index (Phi) is 2.70. The van der Waals surface area contributed by atoms with Gasteiger partial charge in [-0.15, -0.1) is 0 Å². The molecule has 15 heavy (non-hydrogen) atoms. The van der Waals surface area contributed by atoms with E-state index in [1.165, 1.54) is 5.69 Å². The fourth-order valence-corrected chi connectivity index (χ4v) is 1.61. The molecule has 0 unspecified atom stereocenters. The van der Waals surface area contributed by atoms with Crippen molar-refractivity contribution in [2.24, 2.45) is 0 Å². The Balaban J connectivity index is 2.36. The number of nitrogens with zero attached hydrogens (tertiary/aromatic N) is 3. The summed E-state index contributed by atoms with van der Waals surface area (Å²) in [5, 5.41) is 1.95. The van der Waals surface area contributed by atoms with Gasteiger partial charge in [0.1, 0.15) is 5.65 Å². The van der Waals surface area contributed by atoms with Gasteiger partial charge in [0.2, 0.25) is 0 Å². The van der Waals surface area contributed by atoms with Crippen molar-refractivity contribution in [2.45, 2.75) is 13.5 Å². The molecule has 0 fully saturated rings. The topological polar surface area (TPSA) is 32.6 Å². The van der Waals surface area contributed by atoms with Gasteiger partial charge in [0.05, 0.1) is 17.9 Å². The number of rotatable bonds is 3. The Hall–Kier alpha value is -1.39. The van der Waals surface area contributed by atoms with Gasteiger partial charge in [-0.3, -0.25) is 5.01 Å². The molecular formula is C11H16N4. The third-order valence-corrected chi connectivity index (χ3v) is 2.39. The van der Waals surface area contributed by atoms with Crippen LogP contribution < -0.4 is 5.43 Å². The molecule has 0 atom stereocenters. The summed E-state index contributed by atoms with van der Waals surface area (Å²) in [4.78, 5) is 4.50. The van der Waals surface area contributed by atoms with Crippen LogP contribution in [0.4, 0.5) is 0 Å². The predicted octanol–water partition coefficient (Wildman–Crippen LogP) is 1.21. The molecule has 2 heterocycles. The van der Waals surface area contributed by atoms with E-state index in [1.807, 2.05) is 50.4 Å². The Labute approximate surface area is 89.5 Å². The minimum atomic E-state index is 0.796. The van der Waals surface area contributed by atoms with Gasteiger partial charge in [0, 0.05) is 20.3 Å². The summed E-state index contributed by atoms with van der Waals surface area (Å²) in [6.45, 7) is 2.84. The summed E-state index contributed by atoms with van der Waals surface area (Å²) in [7, 11) is 3.97. The van der Waals surface area contributed by atoms with Gasteiger partial charge in [-0.2, -0.15) is 0 Å². The molecule has 0 aromatic carbocycles. The molecule has 80 valence electrons. The van der Waals surface area contributed by atoms with Crippen molar-refractivity contribution in [3.8, 4) is 0 Å². The fourth-order valence-electron chi connectivity index (χ4n) is 1.61. The van der Waals surface area contributed by atoms with Gasteiger partial charge in [0.25, 0.3) is 0 Å². The van der Waals surface area contributed by atoms with Gasteiger partial charge in [-0.1, -0.05) is 6.07 Å². The summed E-state index contributed by atoms with van der Waals surface area (Å²) in [5.74, 6) is 0. The lowest BCUT2D eigenvalue weighted by atomic mass is 10.3. The maximum Gasteiger partial charge on any atom is 0.137 e. The number of nitrogens with one attached hydrogen (secondary N) is 1. The lowest BCUT2D eigenvalue weighted by molar-refractivity contribution is 0.283. The molecule has 0 aliphatic carbocycles. The lowest BCUT2D eigenvalue weighted by Gasteiger charge is -2.11. The molecule has 0 amide bonds. The second-order valence-corrected chi connectivity index (χ2v) is 3.80. The van der Waals surface area contributed by atoms with Crippen LogP contribution in [0.25, 0.3) is 5.65 Å². The average molecular weight is 204 g/mol. The second kappa shape index (κ2) is 4.00. The van der Waals surface area contributed by atoms with Crippen molar-refractivity contribution < 1.29 is 0 Å². The van der Waals surface area contributed by atoms with Gasteiger partial charge in [0.15, 0.2) is 0 Å². The third-order valence-electron chi connectivity index (χ3n) is 2.39. The van der Waals surface area contributed by atoms with Gasteiger partial charge >= 0.3 is 0 Å². The van der Waals surface area contributed by atoms with Crippen molar-refractivity contribution in [1.29, 1.82) is 0 Å². The van der Waals surface area contributed by atoms with Crippen LogP contribution in [0.5, 0.6) is 0 Å². The normalized spacial score (nSPS) is 11.5. The molecule has 4 nitrogen and oxygen atoms in total. The maximum atomic E-state index is 4.50. The number of aromatic nitrogens is 2. The van der Waals surface area contributed by atoms with E-state index in [-0.39, 0.29) is 0 Å². The Bertz CT molecular complexity index is 459. The molecule has 2 aromatic heterocycles. The van der Waals surface area contributed by atoms with Gasteiger partial charge in [-0.05, 0) is 19.1 Å². The largest absolute Gasteiger partial charge is 0.302 e. The highest BCUT2D eigenvalue weighted by Crippen LogP contribution is 2.11. The summed E-state index contributed by atoms with van der Waals surface area (Å²) in [5.41, 5.74) is 6.55. The van der Waals surface area contributed by atoms with Crippen molar-refractivity contribution in [3.63, 3.8) is 0 Å². The van der Waals surface area contributed by atoms with E-state index in [0.29, 0.717) is 0 Å². The molecule has 0 bridgehead atoms. The molecule has 0 aliphatic heterocycles. The molecule has 2 rings (SSSR count). The van der Waals surface area contributed by atoms with Crippen LogP contribution in [0.1, 0.15) is 11.4 Å². The number of aryl methyl sites for hydroxylation is 1. The van der Waals surface area contributed by atoms with Gasteiger partial charge in [-0.25, -0.2) is 10.4 Å². The molecule has 0 aliphatic rings. The third kappa shape index (κ3) is 2.00. The maximum absolute atomic E-state index is 4.50. The monoisotopic (exact) mass is 204 g/mol. The average Bonchev–Trinajstić information content (AvgIpc) is 2.50. The number of hydrogen-bond donors (Lipinski definition) is 1. The van der Waals surface area contributed by atoms with E-state index in [9.17, 15) is 0 Å². The Morgan fingerprint density at radius 3 is 2.93 bits per heavy atom. The summed E-state index contributed by atoms with van der Waals surface area (Å²) in [6.07, 6.45) is 2.04. The fraction of sp³-hybridized carbons (Fsp3) is 0.364. The lowest BCUT2D eigenvalue weighted by Crippen LogP contribution is -2.30. The molecule has 0 saturated carbocycles. The van der Waals surface area contributed by atoms with Crippen LogP contribution in [-0.4, -0.2) is 28.5 Å². The van der Waals surface area contributed by atoms with Crippen LogP contribution in [0.15, 0.2) is 24.4 Å². The van der Waals surface area contributed by atoms with Crippen molar-refractivity contribution in [1.82, 2.24) is 19.8 Å². The second-order valence-electron chi connectivity index (χ2n) is 3.80. The highest BCUT2D eigenvalue weighted by molar-refractivity contribution is 5.42. The molecule has 0 saturated heterocycles. The van der Waals surface area contributed by atoms with Crippen molar-refractivity contribution >= 4 is 5.65 Å². The smallest absolute Gasteiger partial charge is 0.137 e. The highest BCUT2D eigenvalue weighted by atomic mass is 15.5. The number of hydrazine groups is 1. The van der Waals surface area contributed by atoms with Crippen molar-refractivity contribution in [3.05, 3.63) is 35.8 Å². The van der Waals surface area contributed by atoms with E-state index in [4.69, 9.17) is 0 Å². The molecule has 2 aromatic rings. The van der Waals surface area contributed by atoms with E-state index < -0.39 is 0 Å². The number of hydrogen-bond acceptors (Lipinski definition) is 3. The highest BCUT2D eigenvalue weighted by Gasteiger charge is 2.07. The first-order valence-electron chi connectivity index (χ1n) is 5.02. The zero-order chi connectivity index (χ0) is 10.8. The van der Waals surface area contributed by atoms with Crippen molar-refractivity contribution in [2.75, 3.05) is 14.1 Å². The number of imidazole rings is 1. The van der Waals surface area contributed by atoms with Crippen LogP contribution in [0.2, 0.25) is 0 Å². The quantitative estimate of drug-likeness (QED) is 0.763.